The molecule has 0 spiro atoms. The molecule has 2 aliphatic rings. The van der Waals surface area contributed by atoms with E-state index in [-0.39, 0.29) is 0 Å². The molecule has 4 rings (SSSR count). The molecule has 0 unspecified atom stereocenters. The van der Waals surface area contributed by atoms with Crippen LogP contribution in [0.25, 0.3) is 11.6 Å². The lowest BCUT2D eigenvalue weighted by atomic mass is 10.1. The lowest BCUT2D eigenvalue weighted by Gasteiger charge is -2.08. The van der Waals surface area contributed by atoms with Crippen LogP contribution in [-0.4, -0.2) is 7.11 Å². The minimum Gasteiger partial charge on any atom is -0.497 e. The molecule has 0 aromatic heterocycles. The van der Waals surface area contributed by atoms with Gasteiger partial charge in [-0.1, -0.05) is 30.3 Å². The molecule has 19 heavy (non-hydrogen) atoms. The number of benzene rings is 2. The third-order valence-electron chi connectivity index (χ3n) is 3.49. The summed E-state index contributed by atoms with van der Waals surface area (Å²) in [6, 6.07) is 16.2. The average molecular weight is 248 g/mol. The molecule has 0 amide bonds. The van der Waals surface area contributed by atoms with E-state index in [1.54, 1.807) is 7.11 Å². The molecule has 0 N–H and O–H groups in total. The average Bonchev–Trinajstić information content (AvgIpc) is 3.17. The van der Waals surface area contributed by atoms with E-state index in [9.17, 15) is 0 Å². The van der Waals surface area contributed by atoms with Crippen LogP contribution in [0.3, 0.4) is 0 Å². The van der Waals surface area contributed by atoms with Crippen LogP contribution in [0, 0.1) is 0 Å². The van der Waals surface area contributed by atoms with Crippen LogP contribution < -0.4 is 9.47 Å². The summed E-state index contributed by atoms with van der Waals surface area (Å²) in [4.78, 5) is 0. The molecular formula is C17H12O2. The highest BCUT2D eigenvalue weighted by Crippen LogP contribution is 2.51. The van der Waals surface area contributed by atoms with Gasteiger partial charge in [-0.3, -0.25) is 0 Å². The fourth-order valence-electron chi connectivity index (χ4n) is 2.43. The molecule has 2 aromatic rings. The summed E-state index contributed by atoms with van der Waals surface area (Å²) in [5, 5.41) is 0. The standard InChI is InChI=1S/C17H12O2/c1-18-13-8-6-11(7-9-13)16-14-10-12-4-2-3-5-15(12)19-17(14)16/h2-10H,1H3. The van der Waals surface area contributed by atoms with E-state index in [0.717, 1.165) is 22.8 Å². The summed E-state index contributed by atoms with van der Waals surface area (Å²) < 4.78 is 11.1. The quantitative estimate of drug-likeness (QED) is 0.802. The number of ether oxygens (including phenoxy) is 2. The molecule has 2 heteroatoms. The van der Waals surface area contributed by atoms with Gasteiger partial charge in [-0.15, -0.1) is 0 Å². The van der Waals surface area contributed by atoms with Crippen molar-refractivity contribution in [3.8, 4) is 11.5 Å². The van der Waals surface area contributed by atoms with Crippen molar-refractivity contribution in [2.75, 3.05) is 7.11 Å². The fourth-order valence-corrected chi connectivity index (χ4v) is 2.43. The summed E-state index contributed by atoms with van der Waals surface area (Å²) in [5.41, 5.74) is 4.74. The first-order chi connectivity index (χ1) is 9.36. The number of para-hydroxylation sites is 1. The summed E-state index contributed by atoms with van der Waals surface area (Å²) in [5.74, 6) is 2.81. The van der Waals surface area contributed by atoms with E-state index in [1.165, 1.54) is 16.7 Å². The first-order valence-electron chi connectivity index (χ1n) is 6.25. The molecule has 2 aromatic carbocycles. The highest BCUT2D eigenvalue weighted by molar-refractivity contribution is 6.06. The number of rotatable bonds is 2. The Kier molecular flexibility index (Phi) is 2.06. The maximum Gasteiger partial charge on any atom is 0.144 e. The van der Waals surface area contributed by atoms with Crippen LogP contribution >= 0.6 is 0 Å². The number of hydrogen-bond acceptors (Lipinski definition) is 2. The molecule has 2 nitrogen and oxygen atoms in total. The Bertz CT molecular complexity index is 721. The van der Waals surface area contributed by atoms with Crippen molar-refractivity contribution in [3.63, 3.8) is 0 Å². The monoisotopic (exact) mass is 248 g/mol. The summed E-state index contributed by atoms with van der Waals surface area (Å²) in [7, 11) is 1.68. The maximum absolute atomic E-state index is 5.91. The van der Waals surface area contributed by atoms with Gasteiger partial charge in [0.15, 0.2) is 0 Å². The van der Waals surface area contributed by atoms with E-state index >= 15 is 0 Å². The third kappa shape index (κ3) is 1.57. The molecule has 1 aliphatic heterocycles. The molecule has 0 radical (unpaired) electrons. The van der Waals surface area contributed by atoms with Gasteiger partial charge >= 0.3 is 0 Å². The Morgan fingerprint density at radius 3 is 2.53 bits per heavy atom. The number of fused-ring (bicyclic) bond motifs is 2. The summed E-state index contributed by atoms with van der Waals surface area (Å²) >= 11 is 0. The number of allylic oxidation sites excluding steroid dienone is 2. The van der Waals surface area contributed by atoms with Gasteiger partial charge in [0, 0.05) is 16.7 Å². The highest BCUT2D eigenvalue weighted by atomic mass is 16.5. The Balaban J connectivity index is 1.71. The summed E-state index contributed by atoms with van der Waals surface area (Å²) in [6.07, 6.45) is 2.19. The molecule has 92 valence electrons. The molecule has 0 fully saturated rings. The fraction of sp³-hybridized carbons (Fsp3) is 0.0588. The smallest absolute Gasteiger partial charge is 0.144 e. The second-order valence-corrected chi connectivity index (χ2v) is 4.63. The molecular weight excluding hydrogens is 236 g/mol. The van der Waals surface area contributed by atoms with Gasteiger partial charge in [-0.2, -0.15) is 0 Å². The minimum absolute atomic E-state index is 0.871. The van der Waals surface area contributed by atoms with Gasteiger partial charge in [0.2, 0.25) is 0 Å². The van der Waals surface area contributed by atoms with Crippen LogP contribution in [0.15, 0.2) is 59.9 Å². The van der Waals surface area contributed by atoms with Crippen molar-refractivity contribution in [2.45, 2.75) is 0 Å². The molecule has 0 saturated carbocycles. The first kappa shape index (κ1) is 10.4. The second-order valence-electron chi connectivity index (χ2n) is 4.63. The Labute approximate surface area is 111 Å². The summed E-state index contributed by atoms with van der Waals surface area (Å²) in [6.45, 7) is 0. The van der Waals surface area contributed by atoms with Crippen molar-refractivity contribution in [3.05, 3.63) is 71.0 Å². The number of hydrogen-bond donors (Lipinski definition) is 0. The van der Waals surface area contributed by atoms with Gasteiger partial charge < -0.3 is 9.47 Å². The van der Waals surface area contributed by atoms with E-state index in [2.05, 4.69) is 24.3 Å². The molecule has 1 heterocycles. The van der Waals surface area contributed by atoms with Gasteiger partial charge in [0.05, 0.1) is 7.11 Å². The highest BCUT2D eigenvalue weighted by Gasteiger charge is 2.36. The first-order valence-corrected chi connectivity index (χ1v) is 6.25. The Hall–Kier alpha value is -2.48. The zero-order valence-corrected chi connectivity index (χ0v) is 10.5. The predicted octanol–water partition coefficient (Wildman–Crippen LogP) is 3.90. The van der Waals surface area contributed by atoms with Crippen LogP contribution in [0.5, 0.6) is 11.5 Å². The third-order valence-corrected chi connectivity index (χ3v) is 3.49. The van der Waals surface area contributed by atoms with Crippen molar-refractivity contribution < 1.29 is 9.47 Å². The van der Waals surface area contributed by atoms with Gasteiger partial charge in [0.1, 0.15) is 17.3 Å². The lowest BCUT2D eigenvalue weighted by molar-refractivity contribution is 0.415. The van der Waals surface area contributed by atoms with E-state index in [4.69, 9.17) is 9.47 Å². The maximum atomic E-state index is 5.91. The van der Waals surface area contributed by atoms with Crippen molar-refractivity contribution in [2.24, 2.45) is 0 Å². The van der Waals surface area contributed by atoms with E-state index in [0.29, 0.717) is 0 Å². The topological polar surface area (TPSA) is 18.5 Å². The number of methoxy groups -OCH3 is 1. The zero-order chi connectivity index (χ0) is 12.8. The van der Waals surface area contributed by atoms with Crippen molar-refractivity contribution in [1.29, 1.82) is 0 Å². The zero-order valence-electron chi connectivity index (χ0n) is 10.5. The van der Waals surface area contributed by atoms with Gasteiger partial charge in [-0.25, -0.2) is 0 Å². The van der Waals surface area contributed by atoms with E-state index in [1.807, 2.05) is 30.3 Å². The second kappa shape index (κ2) is 3.75. The Morgan fingerprint density at radius 1 is 0.947 bits per heavy atom. The normalized spacial score (nSPS) is 15.1. The van der Waals surface area contributed by atoms with Crippen molar-refractivity contribution >= 4 is 11.6 Å². The minimum atomic E-state index is 0.871. The van der Waals surface area contributed by atoms with E-state index < -0.39 is 0 Å². The van der Waals surface area contributed by atoms with Crippen LogP contribution in [-0.2, 0) is 0 Å². The SMILES string of the molecule is COc1ccc(C2=C3Oc4ccccc4C=C32)cc1. The Morgan fingerprint density at radius 2 is 1.74 bits per heavy atom. The van der Waals surface area contributed by atoms with Crippen LogP contribution in [0.1, 0.15) is 11.1 Å². The predicted molar refractivity (Wildman–Crippen MR) is 75.0 cm³/mol. The van der Waals surface area contributed by atoms with Crippen LogP contribution in [0.4, 0.5) is 0 Å². The molecule has 0 bridgehead atoms. The van der Waals surface area contributed by atoms with Crippen LogP contribution in [0.2, 0.25) is 0 Å². The van der Waals surface area contributed by atoms with Crippen molar-refractivity contribution in [1.82, 2.24) is 0 Å². The molecule has 1 aliphatic carbocycles. The molecule has 0 saturated heterocycles. The van der Waals surface area contributed by atoms with Gasteiger partial charge in [-0.05, 0) is 29.8 Å². The molecule has 0 atom stereocenters. The largest absolute Gasteiger partial charge is 0.497 e. The van der Waals surface area contributed by atoms with Gasteiger partial charge in [0.25, 0.3) is 0 Å². The lowest BCUT2D eigenvalue weighted by Crippen LogP contribution is -1.92.